The van der Waals surface area contributed by atoms with E-state index in [2.05, 4.69) is 6.07 Å². The third kappa shape index (κ3) is 1.59. The Balaban J connectivity index is 3.10. The summed E-state index contributed by atoms with van der Waals surface area (Å²) in [7, 11) is 0. The molecule has 0 aliphatic carbocycles. The van der Waals surface area contributed by atoms with Crippen molar-refractivity contribution in [2.75, 3.05) is 0 Å². The van der Waals surface area contributed by atoms with Crippen molar-refractivity contribution >= 4 is 0 Å². The lowest BCUT2D eigenvalue weighted by atomic mass is 9.93. The summed E-state index contributed by atoms with van der Waals surface area (Å²) in [6, 6.07) is 7.55. The van der Waals surface area contributed by atoms with Gasteiger partial charge in [0.1, 0.15) is 5.75 Å². The van der Waals surface area contributed by atoms with Crippen LogP contribution < -0.4 is 0 Å². The van der Waals surface area contributed by atoms with E-state index in [1.54, 1.807) is 19.1 Å². The van der Waals surface area contributed by atoms with Crippen molar-refractivity contribution in [3.8, 4) is 5.75 Å². The fourth-order valence-corrected chi connectivity index (χ4v) is 1.07. The molecule has 0 saturated heterocycles. The monoisotopic (exact) mass is 165 g/mol. The summed E-state index contributed by atoms with van der Waals surface area (Å²) in [4.78, 5) is 0. The predicted octanol–water partition coefficient (Wildman–Crippen LogP) is 1.81. The fourth-order valence-electron chi connectivity index (χ4n) is 1.07. The van der Waals surface area contributed by atoms with Gasteiger partial charge in [-0.2, -0.15) is 0 Å². The molecule has 1 atom stereocenters. The maximum atomic E-state index is 9.80. The Morgan fingerprint density at radius 2 is 2.25 bits per heavy atom. The maximum Gasteiger partial charge on any atom is 0.122 e. The fraction of sp³-hybridized carbons (Fsp3) is 0.400. The first kappa shape index (κ1) is 9.07. The van der Waals surface area contributed by atoms with Gasteiger partial charge in [-0.1, -0.05) is 19.1 Å². The Hall–Kier alpha value is -1.02. The van der Waals surface area contributed by atoms with Gasteiger partial charge in [0.25, 0.3) is 0 Å². The van der Waals surface area contributed by atoms with Crippen LogP contribution in [0.1, 0.15) is 25.8 Å². The maximum absolute atomic E-state index is 9.80. The van der Waals surface area contributed by atoms with Gasteiger partial charge in [-0.05, 0) is 25.5 Å². The molecule has 0 aromatic heterocycles. The lowest BCUT2D eigenvalue weighted by molar-refractivity contribution is 0.0506. The second-order valence-corrected chi connectivity index (χ2v) is 3.07. The highest BCUT2D eigenvalue weighted by Crippen LogP contribution is 2.30. The summed E-state index contributed by atoms with van der Waals surface area (Å²) in [6.45, 7) is 3.55. The van der Waals surface area contributed by atoms with E-state index in [0.717, 1.165) is 0 Å². The Morgan fingerprint density at radius 3 is 2.75 bits per heavy atom. The van der Waals surface area contributed by atoms with Crippen LogP contribution in [-0.2, 0) is 5.60 Å². The van der Waals surface area contributed by atoms with Crippen LogP contribution in [0.5, 0.6) is 5.75 Å². The largest absolute Gasteiger partial charge is 0.508 e. The smallest absolute Gasteiger partial charge is 0.122 e. The molecule has 65 valence electrons. The van der Waals surface area contributed by atoms with E-state index in [0.29, 0.717) is 12.0 Å². The van der Waals surface area contributed by atoms with Crippen molar-refractivity contribution in [1.29, 1.82) is 0 Å². The second kappa shape index (κ2) is 3.15. The van der Waals surface area contributed by atoms with E-state index >= 15 is 0 Å². The molecule has 1 aromatic rings. The predicted molar refractivity (Wildman–Crippen MR) is 46.8 cm³/mol. The third-order valence-electron chi connectivity index (χ3n) is 2.11. The quantitative estimate of drug-likeness (QED) is 0.701. The van der Waals surface area contributed by atoms with Crippen molar-refractivity contribution in [2.24, 2.45) is 0 Å². The van der Waals surface area contributed by atoms with Gasteiger partial charge in [0.15, 0.2) is 0 Å². The number of hydrogen-bond donors (Lipinski definition) is 2. The van der Waals surface area contributed by atoms with Gasteiger partial charge in [-0.3, -0.25) is 0 Å². The topological polar surface area (TPSA) is 40.5 Å². The van der Waals surface area contributed by atoms with Crippen LogP contribution in [0.4, 0.5) is 0 Å². The lowest BCUT2D eigenvalue weighted by Crippen LogP contribution is -2.19. The molecule has 2 heteroatoms. The molecule has 0 spiro atoms. The molecule has 1 radical (unpaired) electrons. The number of rotatable bonds is 2. The van der Waals surface area contributed by atoms with Gasteiger partial charge in [0.2, 0.25) is 0 Å². The van der Waals surface area contributed by atoms with E-state index in [4.69, 9.17) is 0 Å². The standard InChI is InChI=1S/C10H13O2/c1-3-10(2,12)8-6-4-5-7-9(8)11/h4,6-7,11-12H,3H2,1-2H3. The summed E-state index contributed by atoms with van der Waals surface area (Å²) in [5.74, 6) is 0.101. The van der Waals surface area contributed by atoms with Crippen molar-refractivity contribution in [1.82, 2.24) is 0 Å². The molecule has 0 saturated carbocycles. The number of benzene rings is 1. The first-order valence-electron chi connectivity index (χ1n) is 4.00. The van der Waals surface area contributed by atoms with Crippen molar-refractivity contribution < 1.29 is 10.2 Å². The van der Waals surface area contributed by atoms with Gasteiger partial charge < -0.3 is 10.2 Å². The highest BCUT2D eigenvalue weighted by molar-refractivity contribution is 5.35. The molecule has 1 unspecified atom stereocenters. The number of aromatic hydroxyl groups is 1. The van der Waals surface area contributed by atoms with Gasteiger partial charge in [-0.25, -0.2) is 0 Å². The molecule has 0 aliphatic heterocycles. The Bertz CT molecular complexity index is 266. The minimum Gasteiger partial charge on any atom is -0.508 e. The van der Waals surface area contributed by atoms with E-state index in [9.17, 15) is 10.2 Å². The van der Waals surface area contributed by atoms with Crippen LogP contribution in [0.3, 0.4) is 0 Å². The van der Waals surface area contributed by atoms with E-state index in [1.807, 2.05) is 6.92 Å². The normalized spacial score (nSPS) is 15.6. The zero-order valence-corrected chi connectivity index (χ0v) is 7.33. The molecule has 2 N–H and O–H groups in total. The van der Waals surface area contributed by atoms with Gasteiger partial charge in [-0.15, -0.1) is 0 Å². The average Bonchev–Trinajstić information content (AvgIpc) is 2.05. The van der Waals surface area contributed by atoms with Crippen LogP contribution in [0, 0.1) is 6.07 Å². The second-order valence-electron chi connectivity index (χ2n) is 3.07. The van der Waals surface area contributed by atoms with Crippen LogP contribution in [0.2, 0.25) is 0 Å². The highest BCUT2D eigenvalue weighted by Gasteiger charge is 2.23. The van der Waals surface area contributed by atoms with Crippen LogP contribution in [-0.4, -0.2) is 10.2 Å². The molecule has 1 rings (SSSR count). The Labute approximate surface area is 72.5 Å². The lowest BCUT2D eigenvalue weighted by Gasteiger charge is -2.22. The van der Waals surface area contributed by atoms with E-state index in [1.165, 1.54) is 6.07 Å². The van der Waals surface area contributed by atoms with E-state index in [-0.39, 0.29) is 5.75 Å². The molecule has 0 aliphatic rings. The van der Waals surface area contributed by atoms with Crippen LogP contribution >= 0.6 is 0 Å². The van der Waals surface area contributed by atoms with Crippen LogP contribution in [0.15, 0.2) is 18.2 Å². The zero-order valence-electron chi connectivity index (χ0n) is 7.33. The minimum atomic E-state index is -0.945. The van der Waals surface area contributed by atoms with Crippen LogP contribution in [0.25, 0.3) is 0 Å². The molecule has 0 fully saturated rings. The number of phenols is 1. The average molecular weight is 165 g/mol. The molecular weight excluding hydrogens is 152 g/mol. The Morgan fingerprint density at radius 1 is 1.58 bits per heavy atom. The summed E-state index contributed by atoms with van der Waals surface area (Å²) in [5, 5.41) is 19.2. The molecule has 1 aromatic carbocycles. The minimum absolute atomic E-state index is 0.101. The Kier molecular flexibility index (Phi) is 2.38. The molecule has 0 amide bonds. The highest BCUT2D eigenvalue weighted by atomic mass is 16.3. The van der Waals surface area contributed by atoms with Crippen molar-refractivity contribution in [3.05, 3.63) is 29.8 Å². The summed E-state index contributed by atoms with van der Waals surface area (Å²) in [6.07, 6.45) is 0.574. The number of phenolic OH excluding ortho intramolecular Hbond substituents is 1. The first-order valence-corrected chi connectivity index (χ1v) is 4.00. The molecule has 2 nitrogen and oxygen atoms in total. The van der Waals surface area contributed by atoms with E-state index < -0.39 is 5.60 Å². The van der Waals surface area contributed by atoms with Gasteiger partial charge in [0, 0.05) is 5.56 Å². The molecular formula is C10H13O2. The summed E-state index contributed by atoms with van der Waals surface area (Å²) in [5.41, 5.74) is -0.386. The summed E-state index contributed by atoms with van der Waals surface area (Å²) < 4.78 is 0. The number of hydrogen-bond acceptors (Lipinski definition) is 2. The van der Waals surface area contributed by atoms with Crippen molar-refractivity contribution in [3.63, 3.8) is 0 Å². The van der Waals surface area contributed by atoms with Gasteiger partial charge >= 0.3 is 0 Å². The molecule has 0 heterocycles. The third-order valence-corrected chi connectivity index (χ3v) is 2.11. The molecule has 12 heavy (non-hydrogen) atoms. The van der Waals surface area contributed by atoms with Crippen molar-refractivity contribution in [2.45, 2.75) is 25.9 Å². The zero-order chi connectivity index (χ0) is 9.19. The number of aliphatic hydroxyl groups is 1. The molecule has 0 bridgehead atoms. The van der Waals surface area contributed by atoms with Gasteiger partial charge in [0.05, 0.1) is 5.60 Å². The SMILES string of the molecule is CCC(C)(O)c1cc[c]cc1O. The summed E-state index contributed by atoms with van der Waals surface area (Å²) >= 11 is 0. The first-order chi connectivity index (χ1) is 5.58.